The summed E-state index contributed by atoms with van der Waals surface area (Å²) in [7, 11) is 0. The van der Waals surface area contributed by atoms with Crippen molar-refractivity contribution >= 4 is 28.3 Å². The van der Waals surface area contributed by atoms with E-state index in [0.717, 1.165) is 35.2 Å². The van der Waals surface area contributed by atoms with Crippen LogP contribution in [0.4, 0.5) is 5.13 Å². The minimum absolute atomic E-state index is 0.550. The highest BCUT2D eigenvalue weighted by atomic mass is 35.5. The largest absolute Gasteiger partial charge is 0.486 e. The Hall–Kier alpha value is -1.53. The van der Waals surface area contributed by atoms with Gasteiger partial charge < -0.3 is 14.8 Å². The van der Waals surface area contributed by atoms with Gasteiger partial charge in [-0.15, -0.1) is 0 Å². The summed E-state index contributed by atoms with van der Waals surface area (Å²) >= 11 is 7.68. The van der Waals surface area contributed by atoms with Crippen LogP contribution in [0, 0.1) is 0 Å². The maximum Gasteiger partial charge on any atom is 0.202 e. The normalized spacial score (nSPS) is 16.6. The Balaban J connectivity index is 1.37. The predicted molar refractivity (Wildman–Crippen MR) is 86.5 cm³/mol. The second-order valence-electron chi connectivity index (χ2n) is 5.51. The van der Waals surface area contributed by atoms with Crippen molar-refractivity contribution in [2.75, 3.05) is 25.1 Å². The van der Waals surface area contributed by atoms with Crippen LogP contribution in [0.2, 0.25) is 5.02 Å². The number of hydrogen-bond donors (Lipinski definition) is 1. The van der Waals surface area contributed by atoms with Crippen LogP contribution >= 0.6 is 23.1 Å². The molecule has 1 aliphatic heterocycles. The molecule has 1 N–H and O–H groups in total. The number of benzene rings is 1. The lowest BCUT2D eigenvalue weighted by Gasteiger charge is -2.20. The summed E-state index contributed by atoms with van der Waals surface area (Å²) in [6.07, 6.45) is 3.30. The van der Waals surface area contributed by atoms with Crippen LogP contribution in [-0.2, 0) is 6.42 Å². The van der Waals surface area contributed by atoms with Gasteiger partial charge in [0.25, 0.3) is 0 Å². The summed E-state index contributed by atoms with van der Waals surface area (Å²) in [6, 6.07) is 3.93. The van der Waals surface area contributed by atoms with E-state index in [1.54, 1.807) is 0 Å². The Labute approximate surface area is 137 Å². The number of ether oxygens (including phenoxy) is 2. The number of anilines is 1. The number of hydrogen-bond acceptors (Lipinski definition) is 6. The zero-order chi connectivity index (χ0) is 14.9. The molecule has 0 radical (unpaired) electrons. The third-order valence-electron chi connectivity index (χ3n) is 3.73. The zero-order valence-electron chi connectivity index (χ0n) is 12.0. The minimum atomic E-state index is 0.550. The van der Waals surface area contributed by atoms with Gasteiger partial charge in [0.05, 0.1) is 5.02 Å². The van der Waals surface area contributed by atoms with E-state index in [1.807, 2.05) is 12.1 Å². The maximum atomic E-state index is 6.24. The Morgan fingerprint density at radius 1 is 1.27 bits per heavy atom. The van der Waals surface area contributed by atoms with Crippen LogP contribution in [0.5, 0.6) is 11.5 Å². The molecule has 7 heteroatoms. The van der Waals surface area contributed by atoms with Gasteiger partial charge >= 0.3 is 0 Å². The monoisotopic (exact) mass is 337 g/mol. The predicted octanol–water partition coefficient (Wildman–Crippen LogP) is 3.49. The molecule has 1 fully saturated rings. The van der Waals surface area contributed by atoms with Gasteiger partial charge in [0, 0.05) is 24.0 Å². The minimum Gasteiger partial charge on any atom is -0.486 e. The summed E-state index contributed by atoms with van der Waals surface area (Å²) < 4.78 is 15.5. The van der Waals surface area contributed by atoms with E-state index in [1.165, 1.54) is 24.4 Å². The van der Waals surface area contributed by atoms with E-state index in [9.17, 15) is 0 Å². The molecule has 0 saturated heterocycles. The zero-order valence-corrected chi connectivity index (χ0v) is 13.5. The van der Waals surface area contributed by atoms with E-state index >= 15 is 0 Å². The molecule has 0 atom stereocenters. The van der Waals surface area contributed by atoms with Crippen LogP contribution in [0.3, 0.4) is 0 Å². The van der Waals surface area contributed by atoms with Gasteiger partial charge in [0.2, 0.25) is 5.13 Å². The molecular weight excluding hydrogens is 322 g/mol. The molecule has 0 unspecified atom stereocenters. The number of fused-ring (bicyclic) bond motifs is 1. The molecule has 0 spiro atoms. The first kappa shape index (κ1) is 14.1. The standard InChI is InChI=1S/C15H16ClN3O2S/c16-11-7-9(8-12-13(11)21-6-5-20-12)3-4-17-15-18-14(19-22-15)10-1-2-10/h7-8,10H,1-6H2,(H,17,18,19). The van der Waals surface area contributed by atoms with Gasteiger partial charge in [0.15, 0.2) is 11.5 Å². The first-order chi connectivity index (χ1) is 10.8. The molecule has 1 aromatic carbocycles. The molecule has 2 heterocycles. The van der Waals surface area contributed by atoms with Crippen molar-refractivity contribution in [1.29, 1.82) is 0 Å². The van der Waals surface area contributed by atoms with E-state index in [-0.39, 0.29) is 0 Å². The van der Waals surface area contributed by atoms with Crippen molar-refractivity contribution in [2.24, 2.45) is 0 Å². The molecule has 1 aromatic heterocycles. The number of nitrogens with one attached hydrogen (secondary N) is 1. The molecular formula is C15H16ClN3O2S. The molecule has 0 bridgehead atoms. The molecule has 1 aliphatic carbocycles. The molecule has 22 heavy (non-hydrogen) atoms. The van der Waals surface area contributed by atoms with Gasteiger partial charge in [-0.05, 0) is 37.0 Å². The van der Waals surface area contributed by atoms with Crippen LogP contribution in [-0.4, -0.2) is 29.1 Å². The van der Waals surface area contributed by atoms with Crippen LogP contribution < -0.4 is 14.8 Å². The van der Waals surface area contributed by atoms with Gasteiger partial charge in [-0.3, -0.25) is 0 Å². The highest BCUT2D eigenvalue weighted by Crippen LogP contribution is 2.39. The van der Waals surface area contributed by atoms with Crippen molar-refractivity contribution in [3.05, 3.63) is 28.5 Å². The fourth-order valence-electron chi connectivity index (χ4n) is 2.44. The Morgan fingerprint density at radius 3 is 3.00 bits per heavy atom. The van der Waals surface area contributed by atoms with Crippen molar-refractivity contribution in [2.45, 2.75) is 25.2 Å². The topological polar surface area (TPSA) is 56.3 Å². The molecule has 4 rings (SSSR count). The summed E-state index contributed by atoms with van der Waals surface area (Å²) in [5.41, 5.74) is 1.12. The molecule has 0 amide bonds. The average Bonchev–Trinajstić information content (AvgIpc) is 3.27. The molecule has 1 saturated carbocycles. The highest BCUT2D eigenvalue weighted by Gasteiger charge is 2.27. The quantitative estimate of drug-likeness (QED) is 0.905. The Bertz CT molecular complexity index is 687. The van der Waals surface area contributed by atoms with E-state index in [2.05, 4.69) is 14.7 Å². The van der Waals surface area contributed by atoms with Crippen LogP contribution in [0.1, 0.15) is 30.1 Å². The number of nitrogens with zero attached hydrogens (tertiary/aromatic N) is 2. The maximum absolute atomic E-state index is 6.24. The van der Waals surface area contributed by atoms with Crippen molar-refractivity contribution < 1.29 is 9.47 Å². The Kier molecular flexibility index (Phi) is 3.80. The second kappa shape index (κ2) is 5.93. The molecule has 5 nitrogen and oxygen atoms in total. The summed E-state index contributed by atoms with van der Waals surface area (Å²) in [6.45, 7) is 1.91. The van der Waals surface area contributed by atoms with Gasteiger partial charge in [-0.25, -0.2) is 4.98 Å². The number of halogens is 1. The molecule has 2 aliphatic rings. The van der Waals surface area contributed by atoms with Crippen LogP contribution in [0.25, 0.3) is 0 Å². The van der Waals surface area contributed by atoms with Gasteiger partial charge in [0.1, 0.15) is 19.0 Å². The number of aromatic nitrogens is 2. The number of rotatable bonds is 5. The van der Waals surface area contributed by atoms with E-state index < -0.39 is 0 Å². The van der Waals surface area contributed by atoms with Crippen molar-refractivity contribution in [3.63, 3.8) is 0 Å². The fourth-order valence-corrected chi connectivity index (χ4v) is 3.40. The lowest BCUT2D eigenvalue weighted by molar-refractivity contribution is 0.171. The third kappa shape index (κ3) is 2.98. The van der Waals surface area contributed by atoms with Gasteiger partial charge in [-0.1, -0.05) is 11.6 Å². The summed E-state index contributed by atoms with van der Waals surface area (Å²) in [5.74, 6) is 2.99. The lowest BCUT2D eigenvalue weighted by atomic mass is 10.1. The van der Waals surface area contributed by atoms with Gasteiger partial charge in [-0.2, -0.15) is 4.37 Å². The molecule has 116 valence electrons. The average molecular weight is 338 g/mol. The van der Waals surface area contributed by atoms with Crippen LogP contribution in [0.15, 0.2) is 12.1 Å². The second-order valence-corrected chi connectivity index (χ2v) is 6.67. The van der Waals surface area contributed by atoms with Crippen molar-refractivity contribution in [3.8, 4) is 11.5 Å². The molecule has 2 aromatic rings. The summed E-state index contributed by atoms with van der Waals surface area (Å²) in [4.78, 5) is 4.52. The summed E-state index contributed by atoms with van der Waals surface area (Å²) in [5, 5.41) is 4.83. The smallest absolute Gasteiger partial charge is 0.202 e. The first-order valence-corrected chi connectivity index (χ1v) is 8.60. The highest BCUT2D eigenvalue weighted by molar-refractivity contribution is 7.09. The van der Waals surface area contributed by atoms with E-state index in [4.69, 9.17) is 21.1 Å². The van der Waals surface area contributed by atoms with Crippen molar-refractivity contribution in [1.82, 2.24) is 9.36 Å². The third-order valence-corrected chi connectivity index (χ3v) is 4.70. The fraction of sp³-hybridized carbons (Fsp3) is 0.467. The van der Waals surface area contributed by atoms with E-state index in [0.29, 0.717) is 29.9 Å². The lowest BCUT2D eigenvalue weighted by Crippen LogP contribution is -2.16. The Morgan fingerprint density at radius 2 is 2.14 bits per heavy atom. The SMILES string of the molecule is Clc1cc(CCNc2nc(C3CC3)ns2)cc2c1OCCO2. The first-order valence-electron chi connectivity index (χ1n) is 7.45.